The fraction of sp³-hybridized carbons (Fsp3) is 0.200. The maximum Gasteiger partial charge on any atom is 0.326 e. The molecule has 0 saturated heterocycles. The van der Waals surface area contributed by atoms with Gasteiger partial charge in [0.2, 0.25) is 0 Å². The number of fused-ring (bicyclic) bond motifs is 1. The first-order valence-corrected chi connectivity index (χ1v) is 9.00. The molecule has 31 heavy (non-hydrogen) atoms. The lowest BCUT2D eigenvalue weighted by Crippen LogP contribution is -2.38. The van der Waals surface area contributed by atoms with E-state index in [1.54, 1.807) is 6.92 Å². The molecule has 2 aromatic carbocycles. The van der Waals surface area contributed by atoms with Gasteiger partial charge in [0.25, 0.3) is 23.4 Å². The van der Waals surface area contributed by atoms with Gasteiger partial charge in [-0.2, -0.15) is 0 Å². The molecule has 0 spiro atoms. The van der Waals surface area contributed by atoms with Crippen molar-refractivity contribution < 1.29 is 33.2 Å². The minimum Gasteiger partial charge on any atom is -0.451 e. The van der Waals surface area contributed by atoms with E-state index < -0.39 is 58.3 Å². The number of anilines is 1. The Balaban J connectivity index is 1.65. The molecule has 0 aromatic heterocycles. The van der Waals surface area contributed by atoms with Gasteiger partial charge in [-0.1, -0.05) is 12.1 Å². The quantitative estimate of drug-likeness (QED) is 0.322. The Morgan fingerprint density at radius 2 is 1.94 bits per heavy atom. The number of aryl methyl sites for hydroxylation is 1. The summed E-state index contributed by atoms with van der Waals surface area (Å²) in [6, 6.07) is 7.61. The fourth-order valence-electron chi connectivity index (χ4n) is 2.94. The number of amides is 3. The highest BCUT2D eigenvalue weighted by molar-refractivity contribution is 6.24. The van der Waals surface area contributed by atoms with Crippen molar-refractivity contribution in [1.29, 1.82) is 0 Å². The first kappa shape index (κ1) is 21.6. The van der Waals surface area contributed by atoms with E-state index in [0.29, 0.717) is 10.5 Å². The highest BCUT2D eigenvalue weighted by Crippen LogP contribution is 2.30. The molecule has 1 N–H and O–H groups in total. The molecule has 0 saturated carbocycles. The number of carbonyl (C=O) groups excluding carboxylic acids is 4. The summed E-state index contributed by atoms with van der Waals surface area (Å²) in [5.41, 5.74) is -0.608. The van der Waals surface area contributed by atoms with Gasteiger partial charge in [-0.25, -0.2) is 4.39 Å². The number of esters is 1. The second-order valence-electron chi connectivity index (χ2n) is 6.74. The molecule has 11 heteroatoms. The largest absolute Gasteiger partial charge is 0.451 e. The Morgan fingerprint density at radius 1 is 1.23 bits per heavy atom. The van der Waals surface area contributed by atoms with Gasteiger partial charge >= 0.3 is 5.97 Å². The number of nitrogens with zero attached hydrogens (tertiary/aromatic N) is 2. The summed E-state index contributed by atoms with van der Waals surface area (Å²) >= 11 is 0. The van der Waals surface area contributed by atoms with Crippen LogP contribution in [-0.4, -0.2) is 46.2 Å². The third kappa shape index (κ3) is 4.25. The van der Waals surface area contributed by atoms with Gasteiger partial charge in [-0.15, -0.1) is 0 Å². The minimum atomic E-state index is -1.32. The van der Waals surface area contributed by atoms with Crippen molar-refractivity contribution in [1.82, 2.24) is 4.90 Å². The fourth-order valence-corrected chi connectivity index (χ4v) is 2.94. The molecule has 1 heterocycles. The lowest BCUT2D eigenvalue weighted by molar-refractivity contribution is -0.385. The van der Waals surface area contributed by atoms with Crippen molar-refractivity contribution in [3.63, 3.8) is 0 Å². The number of carbonyl (C=O) groups is 4. The number of benzene rings is 2. The number of rotatable bonds is 6. The topological polar surface area (TPSA) is 136 Å². The summed E-state index contributed by atoms with van der Waals surface area (Å²) in [7, 11) is 0. The van der Waals surface area contributed by atoms with Crippen LogP contribution in [0, 0.1) is 22.9 Å². The lowest BCUT2D eigenvalue weighted by atomic mass is 10.1. The average Bonchev–Trinajstić information content (AvgIpc) is 2.95. The van der Waals surface area contributed by atoms with Crippen molar-refractivity contribution in [2.24, 2.45) is 0 Å². The molecule has 3 rings (SSSR count). The third-order valence-corrected chi connectivity index (χ3v) is 4.58. The molecule has 1 aliphatic rings. The van der Waals surface area contributed by atoms with Crippen molar-refractivity contribution in [3.8, 4) is 0 Å². The Bertz CT molecular complexity index is 1130. The normalized spacial score (nSPS) is 13.6. The zero-order valence-electron chi connectivity index (χ0n) is 16.4. The SMILES string of the molecule is Cc1ccc(NC(=O)C(C)OC(=O)CN2C(=O)c3cccc([N+](=O)[O-])c3C2=O)cc1F. The first-order chi connectivity index (χ1) is 14.6. The summed E-state index contributed by atoms with van der Waals surface area (Å²) in [5, 5.41) is 13.5. The number of halogens is 1. The smallest absolute Gasteiger partial charge is 0.326 e. The summed E-state index contributed by atoms with van der Waals surface area (Å²) in [4.78, 5) is 60.1. The molecular weight excluding hydrogens is 413 g/mol. The molecule has 0 bridgehead atoms. The highest BCUT2D eigenvalue weighted by atomic mass is 19.1. The number of ether oxygens (including phenoxy) is 1. The number of imide groups is 1. The van der Waals surface area contributed by atoms with Crippen molar-refractivity contribution in [2.75, 3.05) is 11.9 Å². The second kappa shape index (κ2) is 8.30. The molecule has 1 aliphatic heterocycles. The van der Waals surface area contributed by atoms with Crippen LogP contribution < -0.4 is 5.32 Å². The number of nitro groups is 1. The maximum absolute atomic E-state index is 13.6. The first-order valence-electron chi connectivity index (χ1n) is 9.00. The predicted octanol–water partition coefficient (Wildman–Crippen LogP) is 2.21. The van der Waals surface area contributed by atoms with Crippen LogP contribution >= 0.6 is 0 Å². The summed E-state index contributed by atoms with van der Waals surface area (Å²) in [5.74, 6) is -4.24. The van der Waals surface area contributed by atoms with Gasteiger partial charge in [-0.05, 0) is 37.6 Å². The number of nitro benzene ring substituents is 1. The van der Waals surface area contributed by atoms with Gasteiger partial charge < -0.3 is 10.1 Å². The monoisotopic (exact) mass is 429 g/mol. The molecule has 1 unspecified atom stereocenters. The number of nitrogens with one attached hydrogen (secondary N) is 1. The van der Waals surface area contributed by atoms with Crippen LogP contribution in [0.5, 0.6) is 0 Å². The summed E-state index contributed by atoms with van der Waals surface area (Å²) < 4.78 is 18.5. The Kier molecular flexibility index (Phi) is 5.77. The molecule has 1 atom stereocenters. The van der Waals surface area contributed by atoms with Crippen molar-refractivity contribution >= 4 is 35.1 Å². The Morgan fingerprint density at radius 3 is 2.58 bits per heavy atom. The van der Waals surface area contributed by atoms with E-state index in [2.05, 4.69) is 5.32 Å². The maximum atomic E-state index is 13.6. The van der Waals surface area contributed by atoms with Gasteiger partial charge in [-0.3, -0.25) is 34.2 Å². The Labute approximate surface area is 174 Å². The zero-order valence-corrected chi connectivity index (χ0v) is 16.4. The van der Waals surface area contributed by atoms with Crippen LogP contribution in [0.1, 0.15) is 33.2 Å². The van der Waals surface area contributed by atoms with Gasteiger partial charge in [0, 0.05) is 11.8 Å². The van der Waals surface area contributed by atoms with Gasteiger partial charge in [0.15, 0.2) is 6.10 Å². The van der Waals surface area contributed by atoms with Crippen LogP contribution in [0.4, 0.5) is 15.8 Å². The zero-order chi connectivity index (χ0) is 22.9. The van der Waals surface area contributed by atoms with Gasteiger partial charge in [0.05, 0.1) is 10.5 Å². The van der Waals surface area contributed by atoms with Crippen molar-refractivity contribution in [2.45, 2.75) is 20.0 Å². The van der Waals surface area contributed by atoms with E-state index in [-0.39, 0.29) is 11.3 Å². The predicted molar refractivity (Wildman–Crippen MR) is 104 cm³/mol. The number of hydrogen-bond acceptors (Lipinski definition) is 7. The number of hydrogen-bond donors (Lipinski definition) is 1. The highest BCUT2D eigenvalue weighted by Gasteiger charge is 2.42. The molecule has 10 nitrogen and oxygen atoms in total. The van der Waals surface area contributed by atoms with Crippen LogP contribution in [-0.2, 0) is 14.3 Å². The van der Waals surface area contributed by atoms with E-state index in [1.165, 1.54) is 31.2 Å². The molecule has 0 radical (unpaired) electrons. The van der Waals surface area contributed by atoms with Crippen LogP contribution in [0.3, 0.4) is 0 Å². The summed E-state index contributed by atoms with van der Waals surface area (Å²) in [6.45, 7) is 1.98. The third-order valence-electron chi connectivity index (χ3n) is 4.58. The summed E-state index contributed by atoms with van der Waals surface area (Å²) in [6.07, 6.45) is -1.32. The van der Waals surface area contributed by atoms with Crippen LogP contribution in [0.25, 0.3) is 0 Å². The minimum absolute atomic E-state index is 0.156. The van der Waals surface area contributed by atoms with E-state index in [4.69, 9.17) is 4.74 Å². The molecule has 2 aromatic rings. The molecule has 160 valence electrons. The van der Waals surface area contributed by atoms with Crippen LogP contribution in [0.15, 0.2) is 36.4 Å². The molecule has 0 aliphatic carbocycles. The van der Waals surface area contributed by atoms with E-state index in [1.807, 2.05) is 0 Å². The molecular formula is C20H16FN3O7. The second-order valence-corrected chi connectivity index (χ2v) is 6.74. The van der Waals surface area contributed by atoms with Crippen molar-refractivity contribution in [3.05, 3.63) is 69.0 Å². The van der Waals surface area contributed by atoms with E-state index in [0.717, 1.165) is 12.1 Å². The lowest BCUT2D eigenvalue weighted by Gasteiger charge is -2.17. The molecule has 3 amide bonds. The van der Waals surface area contributed by atoms with E-state index in [9.17, 15) is 33.7 Å². The van der Waals surface area contributed by atoms with Crippen LogP contribution in [0.2, 0.25) is 0 Å². The molecule has 0 fully saturated rings. The van der Waals surface area contributed by atoms with E-state index >= 15 is 0 Å². The standard InChI is InChI=1S/C20H16FN3O7/c1-10-6-7-12(8-14(10)21)22-18(26)11(2)31-16(25)9-23-19(27)13-4-3-5-15(24(29)30)17(13)20(23)28/h3-8,11H,9H2,1-2H3,(H,22,26). The Hall–Kier alpha value is -4.15. The van der Waals surface area contributed by atoms with Gasteiger partial charge in [0.1, 0.15) is 17.9 Å². The average molecular weight is 429 g/mol.